The zero-order valence-electron chi connectivity index (χ0n) is 15.9. The van der Waals surface area contributed by atoms with E-state index in [2.05, 4.69) is 29.0 Å². The molecule has 148 valence electrons. The van der Waals surface area contributed by atoms with Gasteiger partial charge in [-0.25, -0.2) is 9.38 Å². The van der Waals surface area contributed by atoms with Crippen LogP contribution in [0.25, 0.3) is 5.57 Å². The highest BCUT2D eigenvalue weighted by atomic mass is 32.2. The Morgan fingerprint density at radius 1 is 0.767 bits per heavy atom. The minimum absolute atomic E-state index is 0.229. The van der Waals surface area contributed by atoms with Crippen molar-refractivity contribution >= 4 is 51.2 Å². The van der Waals surface area contributed by atoms with E-state index >= 15 is 0 Å². The molecule has 1 heterocycles. The molecule has 4 aromatic rings. The molecule has 0 fully saturated rings. The second-order valence-electron chi connectivity index (χ2n) is 6.25. The molecule has 4 rings (SSSR count). The third-order valence-corrected chi connectivity index (χ3v) is 6.90. The number of benzene rings is 3. The Labute approximate surface area is 188 Å². The van der Waals surface area contributed by atoms with Crippen molar-refractivity contribution in [3.05, 3.63) is 119 Å². The Bertz CT molecular complexity index is 1120. The van der Waals surface area contributed by atoms with Gasteiger partial charge in [0.25, 0.3) is 0 Å². The molecule has 0 bridgehead atoms. The predicted molar refractivity (Wildman–Crippen MR) is 130 cm³/mol. The van der Waals surface area contributed by atoms with Crippen LogP contribution in [0, 0.1) is 5.82 Å². The fourth-order valence-electron chi connectivity index (χ4n) is 2.64. The Balaban J connectivity index is 1.75. The van der Waals surface area contributed by atoms with Crippen molar-refractivity contribution in [2.45, 2.75) is 9.79 Å². The highest BCUT2D eigenvalue weighted by Crippen LogP contribution is 2.35. The van der Waals surface area contributed by atoms with Gasteiger partial charge in [-0.2, -0.15) is 0 Å². The van der Waals surface area contributed by atoms with Crippen LogP contribution in [0.4, 0.5) is 10.1 Å². The number of rotatable bonds is 6. The lowest BCUT2D eigenvalue weighted by Gasteiger charge is -2.11. The highest BCUT2D eigenvalue weighted by Gasteiger charge is 2.14. The average Bonchev–Trinajstić information content (AvgIpc) is 3.31. The highest BCUT2D eigenvalue weighted by molar-refractivity contribution is 8.15. The first kappa shape index (κ1) is 20.7. The molecule has 0 unspecified atom stereocenters. The molecule has 0 aliphatic carbocycles. The van der Waals surface area contributed by atoms with E-state index in [0.717, 1.165) is 31.0 Å². The fraction of sp³-hybridized carbons (Fsp3) is 0. The SMILES string of the molecule is Fc1ccc(SC=C(/C(=N\c2ccccc2)Sc2ccccc2)c2cccs2)cc1. The van der Waals surface area contributed by atoms with Crippen molar-refractivity contribution in [2.24, 2.45) is 4.99 Å². The summed E-state index contributed by atoms with van der Waals surface area (Å²) in [6.07, 6.45) is 0. The van der Waals surface area contributed by atoms with Crippen LogP contribution in [0.3, 0.4) is 0 Å². The van der Waals surface area contributed by atoms with E-state index in [1.54, 1.807) is 47.0 Å². The van der Waals surface area contributed by atoms with Crippen LogP contribution in [0.5, 0.6) is 0 Å². The van der Waals surface area contributed by atoms with Crippen LogP contribution in [0.2, 0.25) is 0 Å². The third-order valence-electron chi connectivity index (χ3n) is 4.09. The third kappa shape index (κ3) is 5.72. The molecule has 0 saturated heterocycles. The summed E-state index contributed by atoms with van der Waals surface area (Å²) < 4.78 is 13.3. The summed E-state index contributed by atoms with van der Waals surface area (Å²) in [7, 11) is 0. The molecular weight excluding hydrogens is 429 g/mol. The molecule has 0 aliphatic heterocycles. The fourth-order valence-corrected chi connectivity index (χ4v) is 5.33. The Hall–Kier alpha value is -2.60. The Kier molecular flexibility index (Phi) is 7.19. The van der Waals surface area contributed by atoms with E-state index in [9.17, 15) is 4.39 Å². The average molecular weight is 448 g/mol. The van der Waals surface area contributed by atoms with Gasteiger partial charge in [-0.1, -0.05) is 66.0 Å². The largest absolute Gasteiger partial charge is 0.241 e. The van der Waals surface area contributed by atoms with Crippen molar-refractivity contribution in [1.82, 2.24) is 0 Å². The lowest BCUT2D eigenvalue weighted by molar-refractivity contribution is 0.626. The van der Waals surface area contributed by atoms with Crippen LogP contribution in [0.1, 0.15) is 4.88 Å². The molecule has 0 spiro atoms. The number of nitrogens with zero attached hydrogens (tertiary/aromatic N) is 1. The van der Waals surface area contributed by atoms with Crippen molar-refractivity contribution < 1.29 is 4.39 Å². The van der Waals surface area contributed by atoms with Gasteiger partial charge in [0.05, 0.1) is 5.69 Å². The maximum absolute atomic E-state index is 13.3. The summed E-state index contributed by atoms with van der Waals surface area (Å²) in [5.41, 5.74) is 1.96. The van der Waals surface area contributed by atoms with Gasteiger partial charge < -0.3 is 0 Å². The van der Waals surface area contributed by atoms with Gasteiger partial charge in [-0.3, -0.25) is 0 Å². The Morgan fingerprint density at radius 2 is 1.47 bits per heavy atom. The number of thiophene rings is 1. The van der Waals surface area contributed by atoms with E-state index in [1.807, 2.05) is 54.6 Å². The standard InChI is InChI=1S/C25H18FNS3/c26-19-13-15-21(16-14-19)29-18-23(24-12-7-17-28-24)25(27-20-8-3-1-4-9-20)30-22-10-5-2-6-11-22/h1-18H/b23-18?,27-25+. The first-order valence-corrected chi connectivity index (χ1v) is 11.9. The lowest BCUT2D eigenvalue weighted by atomic mass is 10.2. The quantitative estimate of drug-likeness (QED) is 0.167. The molecule has 5 heteroatoms. The van der Waals surface area contributed by atoms with E-state index in [-0.39, 0.29) is 5.82 Å². The summed E-state index contributed by atoms with van der Waals surface area (Å²) in [6, 6.07) is 30.9. The molecule has 0 aliphatic rings. The monoisotopic (exact) mass is 447 g/mol. The van der Waals surface area contributed by atoms with Crippen LogP contribution >= 0.6 is 34.9 Å². The summed E-state index contributed by atoms with van der Waals surface area (Å²) in [4.78, 5) is 8.23. The Morgan fingerprint density at radius 3 is 2.13 bits per heavy atom. The minimum atomic E-state index is -0.229. The van der Waals surface area contributed by atoms with Crippen LogP contribution < -0.4 is 0 Å². The molecule has 0 saturated carbocycles. The van der Waals surface area contributed by atoms with E-state index in [4.69, 9.17) is 4.99 Å². The van der Waals surface area contributed by atoms with Gasteiger partial charge >= 0.3 is 0 Å². The molecule has 0 radical (unpaired) electrons. The topological polar surface area (TPSA) is 12.4 Å². The molecular formula is C25H18FNS3. The predicted octanol–water partition coefficient (Wildman–Crippen LogP) is 8.54. The summed E-state index contributed by atoms with van der Waals surface area (Å²) in [5.74, 6) is -0.229. The van der Waals surface area contributed by atoms with Gasteiger partial charge in [-0.05, 0) is 65.4 Å². The maximum atomic E-state index is 13.3. The normalized spacial score (nSPS) is 12.2. The van der Waals surface area contributed by atoms with E-state index in [0.29, 0.717) is 0 Å². The van der Waals surface area contributed by atoms with Crippen LogP contribution in [-0.2, 0) is 0 Å². The number of para-hydroxylation sites is 1. The summed E-state index contributed by atoms with van der Waals surface area (Å²) in [6.45, 7) is 0. The molecule has 30 heavy (non-hydrogen) atoms. The van der Waals surface area contributed by atoms with Crippen molar-refractivity contribution in [1.29, 1.82) is 0 Å². The zero-order chi connectivity index (χ0) is 20.6. The van der Waals surface area contributed by atoms with Gasteiger partial charge in [0.15, 0.2) is 0 Å². The zero-order valence-corrected chi connectivity index (χ0v) is 18.4. The van der Waals surface area contributed by atoms with Crippen LogP contribution in [-0.4, -0.2) is 5.04 Å². The number of hydrogen-bond donors (Lipinski definition) is 0. The second kappa shape index (κ2) is 10.4. The summed E-state index contributed by atoms with van der Waals surface area (Å²) >= 11 is 4.89. The first-order chi connectivity index (χ1) is 14.8. The maximum Gasteiger partial charge on any atom is 0.123 e. The van der Waals surface area contributed by atoms with Gasteiger partial charge in [-0.15, -0.1) is 11.3 Å². The number of halogens is 1. The molecule has 1 nitrogen and oxygen atoms in total. The van der Waals surface area contributed by atoms with Crippen LogP contribution in [0.15, 0.2) is 123 Å². The first-order valence-electron chi connectivity index (χ1n) is 9.31. The van der Waals surface area contributed by atoms with Gasteiger partial charge in [0.2, 0.25) is 0 Å². The van der Waals surface area contributed by atoms with E-state index in [1.165, 1.54) is 12.1 Å². The summed E-state index contributed by atoms with van der Waals surface area (Å²) in [5, 5.41) is 5.10. The molecule has 3 aromatic carbocycles. The molecule has 1 aromatic heterocycles. The molecule has 0 atom stereocenters. The number of hydrogen-bond acceptors (Lipinski definition) is 4. The number of thioether (sulfide) groups is 2. The number of aliphatic imine (C=N–C) groups is 1. The van der Waals surface area contributed by atoms with E-state index < -0.39 is 0 Å². The molecule has 0 amide bonds. The lowest BCUT2D eigenvalue weighted by Crippen LogP contribution is -1.96. The van der Waals surface area contributed by atoms with Gasteiger partial charge in [0, 0.05) is 20.2 Å². The second-order valence-corrected chi connectivity index (χ2v) is 9.20. The van der Waals surface area contributed by atoms with Crippen molar-refractivity contribution in [3.8, 4) is 0 Å². The van der Waals surface area contributed by atoms with Gasteiger partial charge in [0.1, 0.15) is 10.9 Å². The van der Waals surface area contributed by atoms with Crippen molar-refractivity contribution in [2.75, 3.05) is 0 Å². The minimum Gasteiger partial charge on any atom is -0.241 e. The smallest absolute Gasteiger partial charge is 0.123 e. The van der Waals surface area contributed by atoms with Crippen molar-refractivity contribution in [3.63, 3.8) is 0 Å². The molecule has 0 N–H and O–H groups in total.